The van der Waals surface area contributed by atoms with E-state index in [2.05, 4.69) is 30.1 Å². The predicted molar refractivity (Wildman–Crippen MR) is 74.2 cm³/mol. The van der Waals surface area contributed by atoms with Crippen molar-refractivity contribution in [1.82, 2.24) is 10.2 Å². The Labute approximate surface area is 112 Å². The standard InChI is InChI=1S/C15H27N3/c1-3-13-6-9-18(10-7-13)14-5-8-15(11-14,12-16)17-4-2/h13-14,17H,3-11H2,1-2H3. The number of nitrogens with zero attached hydrogens (tertiary/aromatic N) is 2. The van der Waals surface area contributed by atoms with Crippen LogP contribution in [0.4, 0.5) is 0 Å². The molecule has 1 heterocycles. The molecule has 1 saturated heterocycles. The summed E-state index contributed by atoms with van der Waals surface area (Å²) in [5, 5.41) is 12.8. The van der Waals surface area contributed by atoms with Gasteiger partial charge in [-0.3, -0.25) is 5.32 Å². The van der Waals surface area contributed by atoms with Crippen molar-refractivity contribution in [2.45, 2.75) is 64.0 Å². The first kappa shape index (κ1) is 13.8. The smallest absolute Gasteiger partial charge is 0.108 e. The molecule has 0 bridgehead atoms. The van der Waals surface area contributed by atoms with Crippen molar-refractivity contribution in [3.05, 3.63) is 0 Å². The molecule has 0 radical (unpaired) electrons. The van der Waals surface area contributed by atoms with Gasteiger partial charge in [0.2, 0.25) is 0 Å². The molecule has 0 amide bonds. The Morgan fingerprint density at radius 2 is 2.00 bits per heavy atom. The van der Waals surface area contributed by atoms with Crippen molar-refractivity contribution in [2.24, 2.45) is 5.92 Å². The van der Waals surface area contributed by atoms with Gasteiger partial charge >= 0.3 is 0 Å². The summed E-state index contributed by atoms with van der Waals surface area (Å²) in [4.78, 5) is 2.64. The van der Waals surface area contributed by atoms with Gasteiger partial charge in [0.05, 0.1) is 6.07 Å². The molecule has 0 aromatic heterocycles. The van der Waals surface area contributed by atoms with Crippen LogP contribution in [0.5, 0.6) is 0 Å². The van der Waals surface area contributed by atoms with Crippen molar-refractivity contribution < 1.29 is 0 Å². The zero-order chi connectivity index (χ0) is 13.0. The van der Waals surface area contributed by atoms with E-state index in [9.17, 15) is 5.26 Å². The first-order valence-electron chi connectivity index (χ1n) is 7.63. The van der Waals surface area contributed by atoms with Crippen molar-refractivity contribution in [3.8, 4) is 6.07 Å². The molecule has 2 rings (SSSR count). The maximum Gasteiger partial charge on any atom is 0.108 e. The van der Waals surface area contributed by atoms with Gasteiger partial charge in [-0.1, -0.05) is 20.3 Å². The molecule has 0 aromatic rings. The van der Waals surface area contributed by atoms with Crippen LogP contribution in [0.1, 0.15) is 52.4 Å². The van der Waals surface area contributed by atoms with Crippen molar-refractivity contribution in [1.29, 1.82) is 5.26 Å². The number of likely N-dealkylation sites (tertiary alicyclic amines) is 1. The number of nitrogens with one attached hydrogen (secondary N) is 1. The summed E-state index contributed by atoms with van der Waals surface area (Å²) < 4.78 is 0. The number of hydrogen-bond donors (Lipinski definition) is 1. The zero-order valence-electron chi connectivity index (χ0n) is 11.9. The molecule has 1 aliphatic heterocycles. The lowest BCUT2D eigenvalue weighted by molar-refractivity contribution is 0.129. The van der Waals surface area contributed by atoms with Gasteiger partial charge in [0.25, 0.3) is 0 Å². The van der Waals surface area contributed by atoms with Crippen LogP contribution in [0, 0.1) is 17.2 Å². The van der Waals surface area contributed by atoms with Gasteiger partial charge in [-0.25, -0.2) is 0 Å². The Hall–Kier alpha value is -0.590. The largest absolute Gasteiger partial charge is 0.300 e. The number of hydrogen-bond acceptors (Lipinski definition) is 3. The second kappa shape index (κ2) is 6.04. The summed E-state index contributed by atoms with van der Waals surface area (Å²) in [6, 6.07) is 3.17. The third-order valence-electron chi connectivity index (χ3n) is 4.96. The van der Waals surface area contributed by atoms with Crippen LogP contribution >= 0.6 is 0 Å². The van der Waals surface area contributed by atoms with Gasteiger partial charge in [-0.15, -0.1) is 0 Å². The third kappa shape index (κ3) is 2.87. The van der Waals surface area contributed by atoms with E-state index in [1.165, 1.54) is 38.8 Å². The summed E-state index contributed by atoms with van der Waals surface area (Å²) in [5.74, 6) is 0.942. The fourth-order valence-electron chi connectivity index (χ4n) is 3.70. The highest BCUT2D eigenvalue weighted by atomic mass is 15.2. The highest BCUT2D eigenvalue weighted by Gasteiger charge is 2.41. The Bertz CT molecular complexity index is 301. The van der Waals surface area contributed by atoms with Gasteiger partial charge in [-0.2, -0.15) is 5.26 Å². The van der Waals surface area contributed by atoms with Gasteiger partial charge < -0.3 is 4.90 Å². The highest BCUT2D eigenvalue weighted by Crippen LogP contribution is 2.34. The van der Waals surface area contributed by atoms with Crippen LogP contribution < -0.4 is 5.32 Å². The minimum absolute atomic E-state index is 0.235. The molecule has 18 heavy (non-hydrogen) atoms. The van der Waals surface area contributed by atoms with E-state index in [4.69, 9.17) is 0 Å². The Morgan fingerprint density at radius 1 is 1.28 bits per heavy atom. The average Bonchev–Trinajstić information content (AvgIpc) is 2.84. The fourth-order valence-corrected chi connectivity index (χ4v) is 3.70. The van der Waals surface area contributed by atoms with Gasteiger partial charge in [0, 0.05) is 6.04 Å². The molecule has 3 heteroatoms. The van der Waals surface area contributed by atoms with Crippen molar-refractivity contribution >= 4 is 0 Å². The lowest BCUT2D eigenvalue weighted by Gasteiger charge is -2.36. The van der Waals surface area contributed by atoms with Crippen molar-refractivity contribution in [2.75, 3.05) is 19.6 Å². The second-order valence-electron chi connectivity index (χ2n) is 6.01. The maximum atomic E-state index is 9.41. The van der Waals surface area contributed by atoms with E-state index in [0.717, 1.165) is 25.3 Å². The molecule has 1 N–H and O–H groups in total. The monoisotopic (exact) mass is 249 g/mol. The normalized spacial score (nSPS) is 34.6. The summed E-state index contributed by atoms with van der Waals surface area (Å²) in [5.41, 5.74) is -0.235. The third-order valence-corrected chi connectivity index (χ3v) is 4.96. The van der Waals surface area contributed by atoms with E-state index in [1.807, 2.05) is 0 Å². The first-order valence-corrected chi connectivity index (χ1v) is 7.63. The summed E-state index contributed by atoms with van der Waals surface area (Å²) in [6.07, 6.45) is 7.28. The molecule has 2 atom stereocenters. The van der Waals surface area contributed by atoms with Crippen LogP contribution in [-0.2, 0) is 0 Å². The molecular formula is C15H27N3. The lowest BCUT2D eigenvalue weighted by atomic mass is 9.93. The van der Waals surface area contributed by atoms with E-state index in [0.29, 0.717) is 6.04 Å². The Balaban J connectivity index is 1.87. The minimum atomic E-state index is -0.235. The highest BCUT2D eigenvalue weighted by molar-refractivity contribution is 5.13. The molecule has 2 unspecified atom stereocenters. The topological polar surface area (TPSA) is 39.1 Å². The first-order chi connectivity index (χ1) is 8.73. The van der Waals surface area contributed by atoms with E-state index in [1.54, 1.807) is 0 Å². The minimum Gasteiger partial charge on any atom is -0.300 e. The predicted octanol–water partition coefficient (Wildman–Crippen LogP) is 2.53. The van der Waals surface area contributed by atoms with Crippen molar-refractivity contribution in [3.63, 3.8) is 0 Å². The molecule has 0 spiro atoms. The maximum absolute atomic E-state index is 9.41. The zero-order valence-corrected chi connectivity index (χ0v) is 11.9. The van der Waals surface area contributed by atoms with E-state index < -0.39 is 0 Å². The van der Waals surface area contributed by atoms with Crippen LogP contribution in [0.2, 0.25) is 0 Å². The molecule has 102 valence electrons. The summed E-state index contributed by atoms with van der Waals surface area (Å²) >= 11 is 0. The molecule has 1 saturated carbocycles. The molecule has 2 aliphatic rings. The SMILES string of the molecule is CCNC1(C#N)CCC(N2CCC(CC)CC2)C1. The molecule has 1 aliphatic carbocycles. The van der Waals surface area contributed by atoms with Crippen LogP contribution in [-0.4, -0.2) is 36.1 Å². The average molecular weight is 249 g/mol. The number of piperidine rings is 1. The van der Waals surface area contributed by atoms with E-state index in [-0.39, 0.29) is 5.54 Å². The van der Waals surface area contributed by atoms with Gasteiger partial charge in [-0.05, 0) is 57.7 Å². The molecule has 2 fully saturated rings. The Kier molecular flexibility index (Phi) is 4.64. The van der Waals surface area contributed by atoms with Crippen LogP contribution in [0.15, 0.2) is 0 Å². The van der Waals surface area contributed by atoms with E-state index >= 15 is 0 Å². The molecular weight excluding hydrogens is 222 g/mol. The van der Waals surface area contributed by atoms with Crippen LogP contribution in [0.3, 0.4) is 0 Å². The quantitative estimate of drug-likeness (QED) is 0.832. The lowest BCUT2D eigenvalue weighted by Crippen LogP contribution is -2.45. The van der Waals surface area contributed by atoms with Gasteiger partial charge in [0.15, 0.2) is 0 Å². The Morgan fingerprint density at radius 3 is 2.56 bits per heavy atom. The summed E-state index contributed by atoms with van der Waals surface area (Å²) in [6.45, 7) is 7.80. The fraction of sp³-hybridized carbons (Fsp3) is 0.933. The summed E-state index contributed by atoms with van der Waals surface area (Å²) in [7, 11) is 0. The number of rotatable bonds is 4. The van der Waals surface area contributed by atoms with Gasteiger partial charge in [0.1, 0.15) is 5.54 Å². The molecule has 0 aromatic carbocycles. The number of nitriles is 1. The van der Waals surface area contributed by atoms with Crippen LogP contribution in [0.25, 0.3) is 0 Å². The molecule has 3 nitrogen and oxygen atoms in total. The second-order valence-corrected chi connectivity index (χ2v) is 6.01.